The Labute approximate surface area is 201 Å². The molecule has 1 unspecified atom stereocenters. The number of aromatic nitrogens is 5. The number of alkyl halides is 3. The summed E-state index contributed by atoms with van der Waals surface area (Å²) in [5.74, 6) is 1.97. The van der Waals surface area contributed by atoms with Crippen LogP contribution in [0.1, 0.15) is 61.2 Å². The summed E-state index contributed by atoms with van der Waals surface area (Å²) < 4.78 is 45.8. The molecule has 3 atom stereocenters. The van der Waals surface area contributed by atoms with E-state index in [2.05, 4.69) is 37.4 Å². The number of tetrazole rings is 1. The highest BCUT2D eigenvalue weighted by Crippen LogP contribution is 2.47. The highest BCUT2D eigenvalue weighted by atomic mass is 19.4. The highest BCUT2D eigenvalue weighted by molar-refractivity contribution is 5.86. The van der Waals surface area contributed by atoms with Crippen molar-refractivity contribution in [2.24, 2.45) is 11.8 Å². The monoisotopic (exact) mass is 488 g/mol. The number of halogens is 3. The van der Waals surface area contributed by atoms with Crippen LogP contribution in [0.15, 0.2) is 18.2 Å². The van der Waals surface area contributed by atoms with Crippen LogP contribution in [-0.4, -0.2) is 63.4 Å². The molecule has 0 spiro atoms. The summed E-state index contributed by atoms with van der Waals surface area (Å²) >= 11 is 0. The summed E-state index contributed by atoms with van der Waals surface area (Å²) in [4.78, 5) is 5.98. The number of piperidine rings is 1. The van der Waals surface area contributed by atoms with Gasteiger partial charge in [0.05, 0.1) is 5.56 Å². The molecule has 2 aromatic heterocycles. The number of H-pyrrole nitrogens is 2. The van der Waals surface area contributed by atoms with Gasteiger partial charge in [-0.25, -0.2) is 0 Å². The number of benzene rings is 1. The minimum absolute atomic E-state index is 0.113. The van der Waals surface area contributed by atoms with E-state index in [1.807, 2.05) is 0 Å². The standard InChI is InChI=1S/C25H31F3N6O/c1-15-19-14-34(9-5-24(6-10-35-11-7-24)23-30-32-33-31-23)8-4-16(19)12-21-22(15)18-13-17(25(26,27)28)2-3-20(18)29-21/h2-3,13,15-16,19,29H,4-12,14H2,1H3,(H,30,31,32,33)/t15-,16?,19-/m1/s1. The fourth-order valence-corrected chi connectivity index (χ4v) is 6.83. The number of fused-ring (bicyclic) bond motifs is 4. The Hall–Kier alpha value is -2.46. The first-order valence-electron chi connectivity index (χ1n) is 12.6. The summed E-state index contributed by atoms with van der Waals surface area (Å²) in [5, 5.41) is 15.8. The number of aromatic amines is 2. The SMILES string of the molecule is C[C@H]1c2c([nH]c3ccc(C(F)(F)F)cc23)CC2CCN(CCC3(c4nn[nH]n4)CCOCC3)C[C@@H]21. The van der Waals surface area contributed by atoms with Crippen LogP contribution in [0.4, 0.5) is 13.2 Å². The second-order valence-electron chi connectivity index (χ2n) is 10.7. The van der Waals surface area contributed by atoms with Gasteiger partial charge in [-0.1, -0.05) is 12.1 Å². The van der Waals surface area contributed by atoms with Crippen molar-refractivity contribution >= 4 is 10.9 Å². The number of hydrogen-bond donors (Lipinski definition) is 2. The van der Waals surface area contributed by atoms with Crippen molar-refractivity contribution in [2.75, 3.05) is 32.8 Å². The lowest BCUT2D eigenvalue weighted by molar-refractivity contribution is -0.137. The van der Waals surface area contributed by atoms with Gasteiger partial charge in [-0.15, -0.1) is 10.2 Å². The van der Waals surface area contributed by atoms with Crippen LogP contribution in [-0.2, 0) is 22.7 Å². The molecule has 3 aromatic rings. The van der Waals surface area contributed by atoms with E-state index >= 15 is 0 Å². The lowest BCUT2D eigenvalue weighted by atomic mass is 9.68. The summed E-state index contributed by atoms with van der Waals surface area (Å²) in [6.45, 7) is 6.57. The molecule has 2 saturated heterocycles. The zero-order chi connectivity index (χ0) is 24.2. The number of likely N-dealkylation sites (tertiary alicyclic amines) is 1. The van der Waals surface area contributed by atoms with Crippen LogP contribution in [0.5, 0.6) is 0 Å². The van der Waals surface area contributed by atoms with Crippen molar-refractivity contribution in [1.29, 1.82) is 0 Å². The maximum Gasteiger partial charge on any atom is 0.416 e. The van der Waals surface area contributed by atoms with E-state index < -0.39 is 11.7 Å². The molecule has 0 radical (unpaired) electrons. The molecule has 6 rings (SSSR count). The van der Waals surface area contributed by atoms with Crippen LogP contribution < -0.4 is 0 Å². The molecule has 35 heavy (non-hydrogen) atoms. The van der Waals surface area contributed by atoms with Crippen LogP contribution >= 0.6 is 0 Å². The van der Waals surface area contributed by atoms with Crippen molar-refractivity contribution in [2.45, 2.75) is 56.5 Å². The molecule has 4 heterocycles. The second-order valence-corrected chi connectivity index (χ2v) is 10.7. The van der Waals surface area contributed by atoms with Crippen LogP contribution in [0, 0.1) is 11.8 Å². The van der Waals surface area contributed by atoms with Crippen molar-refractivity contribution < 1.29 is 17.9 Å². The van der Waals surface area contributed by atoms with Crippen molar-refractivity contribution in [1.82, 2.24) is 30.5 Å². The number of ether oxygens (including phenoxy) is 1. The quantitative estimate of drug-likeness (QED) is 0.568. The van der Waals surface area contributed by atoms with Crippen LogP contribution in [0.2, 0.25) is 0 Å². The lowest BCUT2D eigenvalue weighted by Gasteiger charge is -2.45. The predicted molar refractivity (Wildman–Crippen MR) is 124 cm³/mol. The average Bonchev–Trinajstić information content (AvgIpc) is 3.51. The van der Waals surface area contributed by atoms with Crippen LogP contribution in [0.3, 0.4) is 0 Å². The molecule has 0 saturated carbocycles. The Bertz CT molecular complexity index is 1180. The molecule has 7 nitrogen and oxygen atoms in total. The van der Waals surface area contributed by atoms with Gasteiger partial charge < -0.3 is 14.6 Å². The third-order valence-electron chi connectivity index (χ3n) is 8.88. The molecule has 0 bridgehead atoms. The number of nitrogens with one attached hydrogen (secondary N) is 2. The van der Waals surface area contributed by atoms with E-state index in [0.29, 0.717) is 25.0 Å². The molecule has 2 fully saturated rings. The fourth-order valence-electron chi connectivity index (χ4n) is 6.83. The fraction of sp³-hybridized carbons (Fsp3) is 0.640. The molecule has 1 aliphatic carbocycles. The molecule has 1 aromatic carbocycles. The van der Waals surface area contributed by atoms with E-state index in [-0.39, 0.29) is 11.3 Å². The van der Waals surface area contributed by atoms with Gasteiger partial charge in [0.25, 0.3) is 0 Å². The Morgan fingerprint density at radius 3 is 2.80 bits per heavy atom. The van der Waals surface area contributed by atoms with Gasteiger partial charge >= 0.3 is 6.18 Å². The van der Waals surface area contributed by atoms with Gasteiger partial charge in [-0.05, 0) is 86.7 Å². The summed E-state index contributed by atoms with van der Waals surface area (Å²) in [6, 6.07) is 4.10. The molecular formula is C25H31F3N6O. The van der Waals surface area contributed by atoms with E-state index in [0.717, 1.165) is 79.7 Å². The first-order valence-corrected chi connectivity index (χ1v) is 12.6. The molecule has 10 heteroatoms. The Morgan fingerprint density at radius 2 is 2.06 bits per heavy atom. The topological polar surface area (TPSA) is 82.7 Å². The third kappa shape index (κ3) is 4.04. The Balaban J connectivity index is 1.21. The third-order valence-corrected chi connectivity index (χ3v) is 8.88. The summed E-state index contributed by atoms with van der Waals surface area (Å²) in [5.41, 5.74) is 2.33. The van der Waals surface area contributed by atoms with Gasteiger partial charge in [0.2, 0.25) is 0 Å². The van der Waals surface area contributed by atoms with E-state index in [9.17, 15) is 13.2 Å². The summed E-state index contributed by atoms with van der Waals surface area (Å²) in [6.07, 6.45) is 0.425. The maximum atomic E-state index is 13.4. The zero-order valence-electron chi connectivity index (χ0n) is 19.9. The number of hydrogen-bond acceptors (Lipinski definition) is 5. The molecule has 0 amide bonds. The van der Waals surface area contributed by atoms with Crippen molar-refractivity contribution in [3.63, 3.8) is 0 Å². The van der Waals surface area contributed by atoms with Gasteiger partial charge in [0.1, 0.15) is 0 Å². The summed E-state index contributed by atoms with van der Waals surface area (Å²) in [7, 11) is 0. The normalized spacial score (nSPS) is 27.0. The minimum atomic E-state index is -4.33. The van der Waals surface area contributed by atoms with Gasteiger partial charge in [0, 0.05) is 41.8 Å². The predicted octanol–water partition coefficient (Wildman–Crippen LogP) is 4.44. The first-order chi connectivity index (χ1) is 16.8. The largest absolute Gasteiger partial charge is 0.416 e. The van der Waals surface area contributed by atoms with Gasteiger partial charge in [0.15, 0.2) is 5.82 Å². The first kappa shape index (κ1) is 23.0. The van der Waals surface area contributed by atoms with Gasteiger partial charge in [-0.3, -0.25) is 0 Å². The van der Waals surface area contributed by atoms with E-state index in [4.69, 9.17) is 4.74 Å². The van der Waals surface area contributed by atoms with E-state index in [1.165, 1.54) is 12.1 Å². The second kappa shape index (κ2) is 8.58. The maximum absolute atomic E-state index is 13.4. The molecule has 3 aliphatic rings. The van der Waals surface area contributed by atoms with Gasteiger partial charge in [-0.2, -0.15) is 18.4 Å². The zero-order valence-corrected chi connectivity index (χ0v) is 19.9. The molecule has 2 N–H and O–H groups in total. The molecule has 188 valence electrons. The lowest BCUT2D eigenvalue weighted by Crippen LogP contribution is -2.47. The van der Waals surface area contributed by atoms with Crippen molar-refractivity contribution in [3.8, 4) is 0 Å². The Morgan fingerprint density at radius 1 is 1.23 bits per heavy atom. The number of nitrogens with zero attached hydrogens (tertiary/aromatic N) is 4. The molecular weight excluding hydrogens is 457 g/mol. The minimum Gasteiger partial charge on any atom is -0.381 e. The number of rotatable bonds is 4. The smallest absolute Gasteiger partial charge is 0.381 e. The van der Waals surface area contributed by atoms with E-state index in [1.54, 1.807) is 6.07 Å². The van der Waals surface area contributed by atoms with Crippen LogP contribution in [0.25, 0.3) is 10.9 Å². The Kier molecular flexibility index (Phi) is 5.63. The molecule has 2 aliphatic heterocycles. The highest BCUT2D eigenvalue weighted by Gasteiger charge is 2.42. The average molecular weight is 489 g/mol. The van der Waals surface area contributed by atoms with Crippen molar-refractivity contribution in [3.05, 3.63) is 40.8 Å².